The molecule has 7 heteroatoms. The number of rotatable bonds is 2. The zero-order valence-corrected chi connectivity index (χ0v) is 11.7. The number of aromatic nitrogens is 2. The Morgan fingerprint density at radius 2 is 1.90 bits per heavy atom. The smallest absolute Gasteiger partial charge is 0.289 e. The Morgan fingerprint density at radius 1 is 1.24 bits per heavy atom. The van der Waals surface area contributed by atoms with Crippen LogP contribution in [0.5, 0.6) is 0 Å². The van der Waals surface area contributed by atoms with Crippen LogP contribution >= 0.6 is 0 Å². The molecule has 2 aromatic rings. The molecule has 1 aliphatic heterocycles. The number of benzene rings is 1. The summed E-state index contributed by atoms with van der Waals surface area (Å²) in [4.78, 5) is 23.1. The highest BCUT2D eigenvalue weighted by atomic mass is 19.2. The number of H-pyrrole nitrogens is 1. The summed E-state index contributed by atoms with van der Waals surface area (Å²) in [7, 11) is 0. The Morgan fingerprint density at radius 3 is 2.57 bits per heavy atom. The van der Waals surface area contributed by atoms with Crippen LogP contribution < -0.4 is 0 Å². The molecule has 1 fully saturated rings. The Balaban J connectivity index is 1.82. The number of likely N-dealkylation sites (N-methyl/N-ethyl adjacent to an activating group) is 1. The van der Waals surface area contributed by atoms with E-state index in [0.717, 1.165) is 31.8 Å². The van der Waals surface area contributed by atoms with Crippen molar-refractivity contribution in [2.75, 3.05) is 32.7 Å². The molecule has 5 nitrogen and oxygen atoms in total. The SMILES string of the molecule is CCN1CCN(C(=O)c2nc3cc(F)c(F)cc3[nH]2)CC1. The summed E-state index contributed by atoms with van der Waals surface area (Å²) in [5.41, 5.74) is 0.578. The van der Waals surface area contributed by atoms with E-state index in [1.54, 1.807) is 4.90 Å². The van der Waals surface area contributed by atoms with E-state index in [1.165, 1.54) is 0 Å². The second kappa shape index (κ2) is 5.40. The molecule has 0 saturated carbocycles. The van der Waals surface area contributed by atoms with E-state index in [4.69, 9.17) is 0 Å². The number of halogens is 2. The molecular weight excluding hydrogens is 278 g/mol. The van der Waals surface area contributed by atoms with Crippen molar-refractivity contribution in [3.8, 4) is 0 Å². The lowest BCUT2D eigenvalue weighted by molar-refractivity contribution is 0.0633. The van der Waals surface area contributed by atoms with Crippen LogP contribution in [-0.4, -0.2) is 58.4 Å². The molecule has 21 heavy (non-hydrogen) atoms. The molecule has 0 radical (unpaired) electrons. The van der Waals surface area contributed by atoms with Crippen LogP contribution in [0.4, 0.5) is 8.78 Å². The van der Waals surface area contributed by atoms with Gasteiger partial charge in [0, 0.05) is 38.3 Å². The first-order valence-corrected chi connectivity index (χ1v) is 6.95. The predicted molar refractivity (Wildman–Crippen MR) is 74.0 cm³/mol. The Kier molecular flexibility index (Phi) is 3.59. The van der Waals surface area contributed by atoms with E-state index in [2.05, 4.69) is 21.8 Å². The highest BCUT2D eigenvalue weighted by Crippen LogP contribution is 2.17. The standard InChI is InChI=1S/C14H16F2N4O/c1-2-19-3-5-20(6-4-19)14(21)13-17-11-7-9(15)10(16)8-12(11)18-13/h7-8H,2-6H2,1H3,(H,17,18). The van der Waals surface area contributed by atoms with Crippen molar-refractivity contribution < 1.29 is 13.6 Å². The van der Waals surface area contributed by atoms with Gasteiger partial charge in [0.25, 0.3) is 5.91 Å². The largest absolute Gasteiger partial charge is 0.334 e. The molecule has 3 rings (SSSR count). The van der Waals surface area contributed by atoms with Gasteiger partial charge in [-0.25, -0.2) is 13.8 Å². The maximum atomic E-state index is 13.2. The number of carbonyl (C=O) groups is 1. The summed E-state index contributed by atoms with van der Waals surface area (Å²) in [5.74, 6) is -2.03. The van der Waals surface area contributed by atoms with Crippen molar-refractivity contribution >= 4 is 16.9 Å². The van der Waals surface area contributed by atoms with Gasteiger partial charge >= 0.3 is 0 Å². The number of nitrogens with zero attached hydrogens (tertiary/aromatic N) is 3. The van der Waals surface area contributed by atoms with Gasteiger partial charge in [-0.3, -0.25) is 4.79 Å². The van der Waals surface area contributed by atoms with Crippen LogP contribution in [0.15, 0.2) is 12.1 Å². The minimum atomic E-state index is -0.968. The molecule has 0 bridgehead atoms. The van der Waals surface area contributed by atoms with E-state index >= 15 is 0 Å². The van der Waals surface area contributed by atoms with Crippen LogP contribution in [0.1, 0.15) is 17.5 Å². The summed E-state index contributed by atoms with van der Waals surface area (Å²) >= 11 is 0. The highest BCUT2D eigenvalue weighted by Gasteiger charge is 2.23. The zero-order chi connectivity index (χ0) is 15.0. The quantitative estimate of drug-likeness (QED) is 0.915. The second-order valence-corrected chi connectivity index (χ2v) is 5.10. The lowest BCUT2D eigenvalue weighted by atomic mass is 10.3. The molecule has 1 aromatic carbocycles. The number of amides is 1. The van der Waals surface area contributed by atoms with E-state index < -0.39 is 11.6 Å². The molecule has 1 amide bonds. The molecule has 0 aliphatic carbocycles. The maximum Gasteiger partial charge on any atom is 0.289 e. The fourth-order valence-electron chi connectivity index (χ4n) is 2.52. The number of imidazole rings is 1. The third kappa shape index (κ3) is 2.61. The Bertz CT molecular complexity index is 638. The molecule has 0 spiro atoms. The van der Waals surface area contributed by atoms with Crippen molar-refractivity contribution in [3.63, 3.8) is 0 Å². The van der Waals surface area contributed by atoms with Gasteiger partial charge in [-0.05, 0) is 6.54 Å². The summed E-state index contributed by atoms with van der Waals surface area (Å²) in [5, 5.41) is 0. The van der Waals surface area contributed by atoms with Gasteiger partial charge < -0.3 is 14.8 Å². The average molecular weight is 294 g/mol. The van der Waals surface area contributed by atoms with Gasteiger partial charge in [-0.2, -0.15) is 0 Å². The van der Waals surface area contributed by atoms with Gasteiger partial charge in [0.15, 0.2) is 17.5 Å². The fourth-order valence-corrected chi connectivity index (χ4v) is 2.52. The van der Waals surface area contributed by atoms with Gasteiger partial charge in [-0.15, -0.1) is 0 Å². The lowest BCUT2D eigenvalue weighted by Crippen LogP contribution is -2.48. The number of nitrogens with one attached hydrogen (secondary N) is 1. The average Bonchev–Trinajstić information content (AvgIpc) is 2.90. The topological polar surface area (TPSA) is 52.2 Å². The van der Waals surface area contributed by atoms with E-state index in [-0.39, 0.29) is 17.2 Å². The third-order valence-corrected chi connectivity index (χ3v) is 3.83. The van der Waals surface area contributed by atoms with Crippen LogP contribution in [0.3, 0.4) is 0 Å². The van der Waals surface area contributed by atoms with Crippen molar-refractivity contribution in [2.24, 2.45) is 0 Å². The first-order chi connectivity index (χ1) is 10.1. The second-order valence-electron chi connectivity index (χ2n) is 5.10. The number of aromatic amines is 1. The van der Waals surface area contributed by atoms with Gasteiger partial charge in [-0.1, -0.05) is 6.92 Å². The molecule has 0 atom stereocenters. The van der Waals surface area contributed by atoms with E-state index in [0.29, 0.717) is 18.6 Å². The lowest BCUT2D eigenvalue weighted by Gasteiger charge is -2.33. The molecule has 1 saturated heterocycles. The summed E-state index contributed by atoms with van der Waals surface area (Å²) in [6.45, 7) is 5.96. The number of fused-ring (bicyclic) bond motifs is 1. The predicted octanol–water partition coefficient (Wildman–Crippen LogP) is 1.62. The Labute approximate surface area is 120 Å². The molecule has 1 aliphatic rings. The van der Waals surface area contributed by atoms with Gasteiger partial charge in [0.2, 0.25) is 0 Å². The first kappa shape index (κ1) is 13.9. The Hall–Kier alpha value is -2.02. The fraction of sp³-hybridized carbons (Fsp3) is 0.429. The van der Waals surface area contributed by atoms with E-state index in [1.807, 2.05) is 0 Å². The third-order valence-electron chi connectivity index (χ3n) is 3.83. The number of carbonyl (C=O) groups excluding carboxylic acids is 1. The van der Waals surface area contributed by atoms with Crippen LogP contribution in [0.2, 0.25) is 0 Å². The molecule has 2 heterocycles. The zero-order valence-electron chi connectivity index (χ0n) is 11.7. The van der Waals surface area contributed by atoms with Crippen molar-refractivity contribution in [1.82, 2.24) is 19.8 Å². The molecule has 1 N–H and O–H groups in total. The number of hydrogen-bond acceptors (Lipinski definition) is 3. The molecule has 112 valence electrons. The van der Waals surface area contributed by atoms with Crippen LogP contribution in [-0.2, 0) is 0 Å². The van der Waals surface area contributed by atoms with Crippen LogP contribution in [0, 0.1) is 11.6 Å². The summed E-state index contributed by atoms with van der Waals surface area (Å²) in [6, 6.07) is 2.01. The number of piperazine rings is 1. The minimum absolute atomic E-state index is 0.125. The summed E-state index contributed by atoms with van der Waals surface area (Å²) in [6.07, 6.45) is 0. The minimum Gasteiger partial charge on any atom is -0.334 e. The monoisotopic (exact) mass is 294 g/mol. The van der Waals surface area contributed by atoms with E-state index in [9.17, 15) is 13.6 Å². The molecular formula is C14H16F2N4O. The van der Waals surface area contributed by atoms with Crippen LogP contribution in [0.25, 0.3) is 11.0 Å². The van der Waals surface area contributed by atoms with Crippen molar-refractivity contribution in [3.05, 3.63) is 29.6 Å². The van der Waals surface area contributed by atoms with Gasteiger partial charge in [0.05, 0.1) is 11.0 Å². The maximum absolute atomic E-state index is 13.2. The van der Waals surface area contributed by atoms with Crippen molar-refractivity contribution in [2.45, 2.75) is 6.92 Å². The summed E-state index contributed by atoms with van der Waals surface area (Å²) < 4.78 is 26.3. The first-order valence-electron chi connectivity index (χ1n) is 6.95. The number of hydrogen-bond donors (Lipinski definition) is 1. The molecule has 0 unspecified atom stereocenters. The van der Waals surface area contributed by atoms with Crippen molar-refractivity contribution in [1.29, 1.82) is 0 Å². The van der Waals surface area contributed by atoms with Gasteiger partial charge in [0.1, 0.15) is 0 Å². The highest BCUT2D eigenvalue weighted by molar-refractivity contribution is 5.94. The normalized spacial score (nSPS) is 16.6. The molecule has 1 aromatic heterocycles.